The van der Waals surface area contributed by atoms with Gasteiger partial charge in [-0.25, -0.2) is 4.79 Å². The van der Waals surface area contributed by atoms with Crippen LogP contribution in [0.25, 0.3) is 0 Å². The first-order valence-corrected chi connectivity index (χ1v) is 7.84. The van der Waals surface area contributed by atoms with Gasteiger partial charge in [-0.1, -0.05) is 6.07 Å². The predicted molar refractivity (Wildman–Crippen MR) is 82.0 cm³/mol. The van der Waals surface area contributed by atoms with Crippen molar-refractivity contribution in [3.8, 4) is 5.75 Å². The molecule has 21 heavy (non-hydrogen) atoms. The van der Waals surface area contributed by atoms with Crippen molar-refractivity contribution in [3.05, 3.63) is 29.8 Å². The van der Waals surface area contributed by atoms with Crippen molar-refractivity contribution in [2.75, 3.05) is 18.9 Å². The van der Waals surface area contributed by atoms with Gasteiger partial charge in [-0.3, -0.25) is 4.79 Å². The van der Waals surface area contributed by atoms with Crippen LogP contribution in [0, 0.1) is 0 Å². The van der Waals surface area contributed by atoms with Crippen LogP contribution in [-0.4, -0.2) is 40.6 Å². The number of amides is 1. The van der Waals surface area contributed by atoms with Gasteiger partial charge in [0.1, 0.15) is 5.75 Å². The number of carbonyl (C=O) groups excluding carboxylic acids is 1. The first kappa shape index (κ1) is 15.7. The number of aliphatic carboxylic acids is 1. The highest BCUT2D eigenvalue weighted by Crippen LogP contribution is 2.36. The maximum absolute atomic E-state index is 12.1. The first-order valence-electron chi connectivity index (χ1n) is 6.85. The van der Waals surface area contributed by atoms with Gasteiger partial charge in [-0.2, -0.15) is 11.8 Å². The van der Waals surface area contributed by atoms with Crippen molar-refractivity contribution >= 4 is 23.6 Å². The molecule has 0 aliphatic carbocycles. The van der Waals surface area contributed by atoms with E-state index in [0.29, 0.717) is 17.9 Å². The van der Waals surface area contributed by atoms with Crippen molar-refractivity contribution in [2.24, 2.45) is 0 Å². The fraction of sp³-hybridized carbons (Fsp3) is 0.467. The molecule has 0 aromatic heterocycles. The minimum absolute atomic E-state index is 0.118. The number of ether oxygens (including phenoxy) is 1. The smallest absolute Gasteiger partial charge is 0.341 e. The van der Waals surface area contributed by atoms with Gasteiger partial charge in [-0.15, -0.1) is 0 Å². The van der Waals surface area contributed by atoms with E-state index in [9.17, 15) is 9.59 Å². The number of hydrogen-bond acceptors (Lipinski definition) is 4. The van der Waals surface area contributed by atoms with E-state index >= 15 is 0 Å². The fourth-order valence-corrected chi connectivity index (χ4v) is 3.46. The van der Waals surface area contributed by atoms with Gasteiger partial charge >= 0.3 is 5.97 Å². The van der Waals surface area contributed by atoms with Gasteiger partial charge < -0.3 is 15.2 Å². The average Bonchev–Trinajstić information content (AvgIpc) is 2.90. The Hall–Kier alpha value is -1.69. The lowest BCUT2D eigenvalue weighted by Gasteiger charge is -2.22. The zero-order valence-corrected chi connectivity index (χ0v) is 12.7. The van der Waals surface area contributed by atoms with Crippen molar-refractivity contribution < 1.29 is 19.4 Å². The van der Waals surface area contributed by atoms with Gasteiger partial charge in [-0.05, 0) is 43.7 Å². The first-order chi connectivity index (χ1) is 9.98. The quantitative estimate of drug-likeness (QED) is 0.842. The summed E-state index contributed by atoms with van der Waals surface area (Å²) in [4.78, 5) is 22.6. The van der Waals surface area contributed by atoms with Crippen LogP contribution in [0.15, 0.2) is 24.3 Å². The topological polar surface area (TPSA) is 75.6 Å². The van der Waals surface area contributed by atoms with Crippen LogP contribution in [0.1, 0.15) is 30.1 Å². The van der Waals surface area contributed by atoms with Crippen molar-refractivity contribution in [3.63, 3.8) is 0 Å². The molecule has 1 fully saturated rings. The highest BCUT2D eigenvalue weighted by Gasteiger charge is 2.29. The highest BCUT2D eigenvalue weighted by molar-refractivity contribution is 8.00. The Morgan fingerprint density at radius 3 is 2.95 bits per heavy atom. The van der Waals surface area contributed by atoms with Gasteiger partial charge in [0.25, 0.3) is 5.91 Å². The van der Waals surface area contributed by atoms with Crippen LogP contribution in [0.2, 0.25) is 0 Å². The van der Waals surface area contributed by atoms with E-state index in [1.807, 2.05) is 11.8 Å². The summed E-state index contributed by atoms with van der Waals surface area (Å²) in [5.74, 6) is 0.317. The molecule has 1 atom stereocenters. The molecule has 1 unspecified atom stereocenters. The molecule has 2 rings (SSSR count). The van der Waals surface area contributed by atoms with Crippen LogP contribution < -0.4 is 10.1 Å². The number of nitrogens with one attached hydrogen (secondary N) is 1. The molecule has 0 bridgehead atoms. The molecule has 1 aromatic rings. The van der Waals surface area contributed by atoms with Crippen molar-refractivity contribution in [2.45, 2.75) is 24.5 Å². The number of hydrogen-bond donors (Lipinski definition) is 2. The van der Waals surface area contributed by atoms with Gasteiger partial charge in [0.15, 0.2) is 6.61 Å². The molecular formula is C15H19NO4S. The third-order valence-electron chi connectivity index (χ3n) is 3.38. The van der Waals surface area contributed by atoms with E-state index in [2.05, 4.69) is 12.2 Å². The summed E-state index contributed by atoms with van der Waals surface area (Å²) in [7, 11) is 0. The number of carboxylic acids is 1. The number of carboxylic acid groups (broad SMARTS) is 1. The SMILES string of the molecule is CC1(CNC(=O)c2cccc(OCC(=O)O)c2)CCCS1. The second-order valence-electron chi connectivity index (χ2n) is 5.29. The molecule has 1 aliphatic rings. The second kappa shape index (κ2) is 6.85. The number of rotatable bonds is 6. The Balaban J connectivity index is 1.92. The van der Waals surface area contributed by atoms with E-state index in [0.717, 1.165) is 12.2 Å². The molecule has 5 nitrogen and oxygen atoms in total. The summed E-state index contributed by atoms with van der Waals surface area (Å²) in [5, 5.41) is 11.5. The lowest BCUT2D eigenvalue weighted by atomic mass is 10.1. The summed E-state index contributed by atoms with van der Waals surface area (Å²) in [6, 6.07) is 6.56. The lowest BCUT2D eigenvalue weighted by molar-refractivity contribution is -0.139. The Kier molecular flexibility index (Phi) is 5.12. The molecule has 1 aliphatic heterocycles. The van der Waals surface area contributed by atoms with Crippen LogP contribution >= 0.6 is 11.8 Å². The summed E-state index contributed by atoms with van der Waals surface area (Å²) < 4.78 is 5.19. The molecular weight excluding hydrogens is 290 g/mol. The third-order valence-corrected chi connectivity index (χ3v) is 4.92. The number of thioether (sulfide) groups is 1. The molecule has 2 N–H and O–H groups in total. The standard InChI is InChI=1S/C15H19NO4S/c1-15(6-3-7-21-15)10-16-14(19)11-4-2-5-12(8-11)20-9-13(17)18/h2,4-5,8H,3,6-7,9-10H2,1H3,(H,16,19)(H,17,18). The summed E-state index contributed by atoms with van der Waals surface area (Å²) in [6.45, 7) is 2.38. The minimum atomic E-state index is -1.05. The Morgan fingerprint density at radius 2 is 2.29 bits per heavy atom. The lowest BCUT2D eigenvalue weighted by Crippen LogP contribution is -2.36. The average molecular weight is 309 g/mol. The number of carbonyl (C=O) groups is 2. The number of benzene rings is 1. The van der Waals surface area contributed by atoms with E-state index in [-0.39, 0.29) is 10.7 Å². The summed E-state index contributed by atoms with van der Waals surface area (Å²) >= 11 is 1.89. The Morgan fingerprint density at radius 1 is 1.48 bits per heavy atom. The van der Waals surface area contributed by atoms with Crippen LogP contribution in [0.3, 0.4) is 0 Å². The fourth-order valence-electron chi connectivity index (χ4n) is 2.22. The largest absolute Gasteiger partial charge is 0.482 e. The normalized spacial score (nSPS) is 21.0. The van der Waals surface area contributed by atoms with Crippen LogP contribution in [0.5, 0.6) is 5.75 Å². The molecule has 6 heteroatoms. The maximum atomic E-state index is 12.1. The summed E-state index contributed by atoms with van der Waals surface area (Å²) in [6.07, 6.45) is 2.30. The summed E-state index contributed by atoms with van der Waals surface area (Å²) in [5.41, 5.74) is 0.476. The monoisotopic (exact) mass is 309 g/mol. The second-order valence-corrected chi connectivity index (χ2v) is 6.98. The third kappa shape index (κ3) is 4.67. The van der Waals surface area contributed by atoms with Gasteiger partial charge in [0.2, 0.25) is 0 Å². The van der Waals surface area contributed by atoms with Crippen molar-refractivity contribution in [1.29, 1.82) is 0 Å². The van der Waals surface area contributed by atoms with Gasteiger partial charge in [0, 0.05) is 16.9 Å². The van der Waals surface area contributed by atoms with E-state index < -0.39 is 12.6 Å². The molecule has 0 radical (unpaired) electrons. The Bertz CT molecular complexity index is 526. The molecule has 114 valence electrons. The molecule has 0 spiro atoms. The van der Waals surface area contributed by atoms with E-state index in [4.69, 9.17) is 9.84 Å². The highest BCUT2D eigenvalue weighted by atomic mass is 32.2. The molecule has 1 saturated heterocycles. The van der Waals surface area contributed by atoms with E-state index in [1.54, 1.807) is 24.3 Å². The molecule has 1 heterocycles. The maximum Gasteiger partial charge on any atom is 0.341 e. The zero-order valence-electron chi connectivity index (χ0n) is 11.9. The van der Waals surface area contributed by atoms with Crippen molar-refractivity contribution in [1.82, 2.24) is 5.32 Å². The van der Waals surface area contributed by atoms with E-state index in [1.165, 1.54) is 6.42 Å². The predicted octanol–water partition coefficient (Wildman–Crippen LogP) is 2.17. The van der Waals surface area contributed by atoms with Crippen LogP contribution in [-0.2, 0) is 4.79 Å². The minimum Gasteiger partial charge on any atom is -0.482 e. The zero-order chi connectivity index (χ0) is 15.3. The van der Waals surface area contributed by atoms with Crippen LogP contribution in [0.4, 0.5) is 0 Å². The molecule has 1 amide bonds. The molecule has 1 aromatic carbocycles. The Labute approximate surface area is 128 Å². The molecule has 0 saturated carbocycles. The van der Waals surface area contributed by atoms with Gasteiger partial charge in [0.05, 0.1) is 0 Å².